The summed E-state index contributed by atoms with van der Waals surface area (Å²) in [6, 6.07) is 5.48. The highest BCUT2D eigenvalue weighted by atomic mass is 16.5. The van der Waals surface area contributed by atoms with Crippen LogP contribution in [0.4, 0.5) is 17.6 Å². The number of nitrogens with one attached hydrogen (secondary N) is 1. The smallest absolute Gasteiger partial charge is 0.232 e. The van der Waals surface area contributed by atoms with Crippen molar-refractivity contribution in [3.63, 3.8) is 0 Å². The van der Waals surface area contributed by atoms with Crippen LogP contribution in [0.2, 0.25) is 0 Å². The molecule has 0 atom stereocenters. The maximum atomic E-state index is 5.42. The summed E-state index contributed by atoms with van der Waals surface area (Å²) in [7, 11) is 6.53. The molecule has 0 aliphatic carbocycles. The summed E-state index contributed by atoms with van der Waals surface area (Å²) in [5, 5.41) is 3.19. The van der Waals surface area contributed by atoms with Gasteiger partial charge in [0.2, 0.25) is 11.9 Å². The molecule has 27 heavy (non-hydrogen) atoms. The number of aromatic nitrogens is 3. The van der Waals surface area contributed by atoms with Crippen molar-refractivity contribution >= 4 is 17.6 Å². The molecule has 0 saturated heterocycles. The largest absolute Gasteiger partial charge is 0.497 e. The van der Waals surface area contributed by atoms with Crippen LogP contribution in [-0.4, -0.2) is 69.7 Å². The topological polar surface area (TPSA) is 90.9 Å². The molecule has 0 bridgehead atoms. The summed E-state index contributed by atoms with van der Waals surface area (Å²) < 4.78 is 21.0. The van der Waals surface area contributed by atoms with E-state index < -0.39 is 0 Å². The highest BCUT2D eigenvalue weighted by Crippen LogP contribution is 2.30. The molecule has 9 heteroatoms. The zero-order valence-corrected chi connectivity index (χ0v) is 16.5. The Labute approximate surface area is 159 Å². The highest BCUT2D eigenvalue weighted by molar-refractivity contribution is 5.64. The van der Waals surface area contributed by atoms with Crippen molar-refractivity contribution in [3.05, 3.63) is 24.0 Å². The Morgan fingerprint density at radius 1 is 0.926 bits per heavy atom. The van der Waals surface area contributed by atoms with Gasteiger partial charge in [0, 0.05) is 33.4 Å². The predicted molar refractivity (Wildman–Crippen MR) is 103 cm³/mol. The van der Waals surface area contributed by atoms with Crippen molar-refractivity contribution < 1.29 is 18.9 Å². The van der Waals surface area contributed by atoms with Gasteiger partial charge in [-0.05, 0) is 19.1 Å². The van der Waals surface area contributed by atoms with Gasteiger partial charge in [-0.3, -0.25) is 0 Å². The molecule has 148 valence electrons. The van der Waals surface area contributed by atoms with Crippen LogP contribution in [0.5, 0.6) is 11.5 Å². The standard InChI is InChI=1S/C18H27N5O4/c1-13-19-17(21-15-7-6-14(26-4)12-16(15)27-5)22-18(20-13)23(8-10-24-2)9-11-25-3/h6-7,12H,8-11H2,1-5H3,(H,19,20,21,22). The molecule has 0 radical (unpaired) electrons. The number of aryl methyl sites for hydroxylation is 1. The van der Waals surface area contributed by atoms with E-state index in [1.807, 2.05) is 24.0 Å². The molecule has 1 heterocycles. The number of nitrogens with zero attached hydrogens (tertiary/aromatic N) is 4. The van der Waals surface area contributed by atoms with Crippen LogP contribution in [0.1, 0.15) is 5.82 Å². The fourth-order valence-electron chi connectivity index (χ4n) is 2.40. The summed E-state index contributed by atoms with van der Waals surface area (Å²) in [4.78, 5) is 15.4. The molecule has 1 aromatic heterocycles. The maximum absolute atomic E-state index is 5.42. The van der Waals surface area contributed by atoms with E-state index in [1.54, 1.807) is 34.5 Å². The summed E-state index contributed by atoms with van der Waals surface area (Å²) in [6.07, 6.45) is 0. The fraction of sp³-hybridized carbons (Fsp3) is 0.500. The molecule has 0 amide bonds. The van der Waals surface area contributed by atoms with Gasteiger partial charge in [-0.15, -0.1) is 0 Å². The number of methoxy groups -OCH3 is 4. The second-order valence-electron chi connectivity index (χ2n) is 5.67. The average Bonchev–Trinajstić information content (AvgIpc) is 2.68. The summed E-state index contributed by atoms with van der Waals surface area (Å²) in [6.45, 7) is 4.24. The average molecular weight is 377 g/mol. The minimum Gasteiger partial charge on any atom is -0.497 e. The van der Waals surface area contributed by atoms with E-state index in [4.69, 9.17) is 18.9 Å². The fourth-order valence-corrected chi connectivity index (χ4v) is 2.40. The third-order valence-corrected chi connectivity index (χ3v) is 3.80. The minimum absolute atomic E-state index is 0.431. The van der Waals surface area contributed by atoms with Gasteiger partial charge >= 0.3 is 0 Å². The first-order valence-electron chi connectivity index (χ1n) is 8.55. The second kappa shape index (κ2) is 10.5. The van der Waals surface area contributed by atoms with Crippen LogP contribution in [0, 0.1) is 6.92 Å². The lowest BCUT2D eigenvalue weighted by molar-refractivity contribution is 0.189. The van der Waals surface area contributed by atoms with E-state index in [9.17, 15) is 0 Å². The number of ether oxygens (including phenoxy) is 4. The van der Waals surface area contributed by atoms with Crippen LogP contribution in [0.25, 0.3) is 0 Å². The van der Waals surface area contributed by atoms with Gasteiger partial charge < -0.3 is 29.2 Å². The quantitative estimate of drug-likeness (QED) is 0.631. The molecule has 2 rings (SSSR count). The SMILES string of the molecule is COCCN(CCOC)c1nc(C)nc(Nc2ccc(OC)cc2OC)n1. The predicted octanol–water partition coefficient (Wildman–Crippen LogP) is 2.04. The second-order valence-corrected chi connectivity index (χ2v) is 5.67. The summed E-state index contributed by atoms with van der Waals surface area (Å²) >= 11 is 0. The Bertz CT molecular complexity index is 721. The first-order valence-corrected chi connectivity index (χ1v) is 8.55. The first-order chi connectivity index (χ1) is 13.1. The highest BCUT2D eigenvalue weighted by Gasteiger charge is 2.14. The lowest BCUT2D eigenvalue weighted by Gasteiger charge is -2.22. The van der Waals surface area contributed by atoms with Gasteiger partial charge in [-0.2, -0.15) is 15.0 Å². The van der Waals surface area contributed by atoms with Crippen molar-refractivity contribution in [2.24, 2.45) is 0 Å². The Morgan fingerprint density at radius 2 is 1.63 bits per heavy atom. The Morgan fingerprint density at radius 3 is 2.22 bits per heavy atom. The molecule has 0 aliphatic rings. The number of hydrogen-bond donors (Lipinski definition) is 1. The van der Waals surface area contributed by atoms with E-state index in [2.05, 4.69) is 20.3 Å². The van der Waals surface area contributed by atoms with Crippen LogP contribution < -0.4 is 19.7 Å². The molecule has 0 fully saturated rings. The molecule has 1 N–H and O–H groups in total. The van der Waals surface area contributed by atoms with Gasteiger partial charge in [-0.25, -0.2) is 0 Å². The van der Waals surface area contributed by atoms with Crippen LogP contribution >= 0.6 is 0 Å². The van der Waals surface area contributed by atoms with Gasteiger partial charge in [0.25, 0.3) is 0 Å². The van der Waals surface area contributed by atoms with Crippen LogP contribution in [0.15, 0.2) is 18.2 Å². The normalized spacial score (nSPS) is 10.6. The third-order valence-electron chi connectivity index (χ3n) is 3.80. The lowest BCUT2D eigenvalue weighted by Crippen LogP contribution is -2.32. The monoisotopic (exact) mass is 377 g/mol. The Balaban J connectivity index is 2.27. The molecule has 1 aromatic carbocycles. The zero-order chi connectivity index (χ0) is 19.6. The van der Waals surface area contributed by atoms with Crippen molar-refractivity contribution in [2.45, 2.75) is 6.92 Å². The molecular formula is C18H27N5O4. The molecule has 0 aliphatic heterocycles. The van der Waals surface area contributed by atoms with Gasteiger partial charge in [0.05, 0.1) is 33.1 Å². The summed E-state index contributed by atoms with van der Waals surface area (Å²) in [5.41, 5.74) is 0.732. The van der Waals surface area contributed by atoms with Crippen molar-refractivity contribution in [1.29, 1.82) is 0 Å². The van der Waals surface area contributed by atoms with Crippen molar-refractivity contribution in [1.82, 2.24) is 15.0 Å². The molecular weight excluding hydrogens is 350 g/mol. The lowest BCUT2D eigenvalue weighted by atomic mass is 10.2. The molecule has 0 saturated carbocycles. The maximum Gasteiger partial charge on any atom is 0.232 e. The van der Waals surface area contributed by atoms with E-state index >= 15 is 0 Å². The van der Waals surface area contributed by atoms with Gasteiger partial charge in [0.15, 0.2) is 0 Å². The molecule has 0 spiro atoms. The van der Waals surface area contributed by atoms with E-state index in [0.717, 1.165) is 5.69 Å². The molecule has 9 nitrogen and oxygen atoms in total. The third kappa shape index (κ3) is 5.93. The molecule has 2 aromatic rings. The molecule has 0 unspecified atom stereocenters. The number of hydrogen-bond acceptors (Lipinski definition) is 9. The Hall–Kier alpha value is -2.65. The summed E-state index contributed by atoms with van der Waals surface area (Å²) in [5.74, 6) is 2.93. The van der Waals surface area contributed by atoms with Crippen LogP contribution in [0.3, 0.4) is 0 Å². The minimum atomic E-state index is 0.431. The van der Waals surface area contributed by atoms with Crippen molar-refractivity contribution in [3.8, 4) is 11.5 Å². The van der Waals surface area contributed by atoms with E-state index in [0.29, 0.717) is 55.5 Å². The van der Waals surface area contributed by atoms with Crippen LogP contribution in [-0.2, 0) is 9.47 Å². The first kappa shape index (κ1) is 20.7. The Kier molecular flexibility index (Phi) is 8.02. The van der Waals surface area contributed by atoms with E-state index in [-0.39, 0.29) is 0 Å². The van der Waals surface area contributed by atoms with Gasteiger partial charge in [0.1, 0.15) is 17.3 Å². The van der Waals surface area contributed by atoms with E-state index in [1.165, 1.54) is 0 Å². The number of anilines is 3. The van der Waals surface area contributed by atoms with Crippen molar-refractivity contribution in [2.75, 3.05) is 65.0 Å². The number of rotatable bonds is 11. The number of benzene rings is 1. The van der Waals surface area contributed by atoms with Gasteiger partial charge in [-0.1, -0.05) is 0 Å². The zero-order valence-electron chi connectivity index (χ0n) is 16.5.